The predicted octanol–water partition coefficient (Wildman–Crippen LogP) is 3.27. The molecule has 0 aliphatic carbocycles. The SMILES string of the molecule is Cc1ccc(C(=O)N2CCC(n3c(C)cnc3C3CCOCC3)CC2)cn1. The molecular weight excluding hydrogens is 340 g/mol. The Morgan fingerprint density at radius 1 is 1.04 bits per heavy atom. The summed E-state index contributed by atoms with van der Waals surface area (Å²) in [6, 6.07) is 4.19. The molecule has 0 N–H and O–H groups in total. The molecular formula is C21H28N4O2. The van der Waals surface area contributed by atoms with Crippen LogP contribution in [0.5, 0.6) is 0 Å². The molecule has 2 aromatic rings. The summed E-state index contributed by atoms with van der Waals surface area (Å²) in [7, 11) is 0. The molecule has 0 aromatic carbocycles. The standard InChI is InChI=1S/C21H28N4O2/c1-15-3-4-18(14-22-15)21(26)24-9-5-19(6-10-24)25-16(2)13-23-20(25)17-7-11-27-12-8-17/h3-4,13-14,17,19H,5-12H2,1-2H3. The van der Waals surface area contributed by atoms with E-state index in [0.717, 1.165) is 57.7 Å². The van der Waals surface area contributed by atoms with Crippen molar-refractivity contribution < 1.29 is 9.53 Å². The fraction of sp³-hybridized carbons (Fsp3) is 0.571. The van der Waals surface area contributed by atoms with E-state index in [0.29, 0.717) is 17.5 Å². The predicted molar refractivity (Wildman–Crippen MR) is 103 cm³/mol. The average molecular weight is 368 g/mol. The summed E-state index contributed by atoms with van der Waals surface area (Å²) in [6.45, 7) is 7.29. The Labute approximate surface area is 160 Å². The third-order valence-electron chi connectivity index (χ3n) is 5.87. The lowest BCUT2D eigenvalue weighted by Crippen LogP contribution is -2.39. The number of likely N-dealkylation sites (tertiary alicyclic amines) is 1. The zero-order valence-corrected chi connectivity index (χ0v) is 16.2. The van der Waals surface area contributed by atoms with E-state index in [1.165, 1.54) is 11.5 Å². The van der Waals surface area contributed by atoms with Gasteiger partial charge in [-0.2, -0.15) is 0 Å². The summed E-state index contributed by atoms with van der Waals surface area (Å²) in [5, 5.41) is 0. The lowest BCUT2D eigenvalue weighted by Gasteiger charge is -2.35. The molecule has 144 valence electrons. The average Bonchev–Trinajstić information content (AvgIpc) is 3.10. The first-order chi connectivity index (χ1) is 13.1. The summed E-state index contributed by atoms with van der Waals surface area (Å²) in [5.41, 5.74) is 2.84. The molecule has 0 radical (unpaired) electrons. The number of carbonyl (C=O) groups is 1. The molecule has 4 heterocycles. The topological polar surface area (TPSA) is 60.2 Å². The number of hydrogen-bond acceptors (Lipinski definition) is 4. The summed E-state index contributed by atoms with van der Waals surface area (Å²) in [6.07, 6.45) is 7.73. The van der Waals surface area contributed by atoms with E-state index < -0.39 is 0 Å². The fourth-order valence-electron chi connectivity index (χ4n) is 4.30. The van der Waals surface area contributed by atoms with E-state index in [4.69, 9.17) is 9.72 Å². The lowest BCUT2D eigenvalue weighted by molar-refractivity contribution is 0.0682. The number of hydrogen-bond donors (Lipinski definition) is 0. The van der Waals surface area contributed by atoms with Gasteiger partial charge in [0.25, 0.3) is 5.91 Å². The molecule has 0 unspecified atom stereocenters. The molecule has 0 saturated carbocycles. The number of aryl methyl sites for hydroxylation is 2. The molecule has 6 heteroatoms. The number of ether oxygens (including phenoxy) is 1. The molecule has 4 rings (SSSR count). The zero-order valence-electron chi connectivity index (χ0n) is 16.2. The molecule has 1 amide bonds. The Balaban J connectivity index is 1.44. The van der Waals surface area contributed by atoms with Crippen molar-refractivity contribution in [3.8, 4) is 0 Å². The van der Waals surface area contributed by atoms with Crippen LogP contribution in [-0.4, -0.2) is 51.6 Å². The van der Waals surface area contributed by atoms with E-state index in [2.05, 4.69) is 16.5 Å². The van der Waals surface area contributed by atoms with Crippen molar-refractivity contribution in [3.05, 3.63) is 47.3 Å². The number of aromatic nitrogens is 3. The maximum atomic E-state index is 12.7. The zero-order chi connectivity index (χ0) is 18.8. The highest BCUT2D eigenvalue weighted by molar-refractivity contribution is 5.94. The van der Waals surface area contributed by atoms with Crippen LogP contribution in [0.2, 0.25) is 0 Å². The van der Waals surface area contributed by atoms with Crippen LogP contribution in [0.3, 0.4) is 0 Å². The number of nitrogens with zero attached hydrogens (tertiary/aromatic N) is 4. The maximum absolute atomic E-state index is 12.7. The summed E-state index contributed by atoms with van der Waals surface area (Å²) >= 11 is 0. The number of rotatable bonds is 3. The van der Waals surface area contributed by atoms with E-state index in [-0.39, 0.29) is 5.91 Å². The normalized spacial score (nSPS) is 19.4. The lowest BCUT2D eigenvalue weighted by atomic mass is 9.97. The van der Waals surface area contributed by atoms with E-state index in [1.807, 2.05) is 30.2 Å². The van der Waals surface area contributed by atoms with Crippen LogP contribution in [0, 0.1) is 13.8 Å². The highest BCUT2D eigenvalue weighted by Gasteiger charge is 2.29. The second-order valence-corrected chi connectivity index (χ2v) is 7.73. The Morgan fingerprint density at radius 3 is 2.44 bits per heavy atom. The van der Waals surface area contributed by atoms with Gasteiger partial charge in [-0.05, 0) is 51.7 Å². The molecule has 2 aliphatic rings. The van der Waals surface area contributed by atoms with Crippen LogP contribution in [0.1, 0.15) is 65.2 Å². The summed E-state index contributed by atoms with van der Waals surface area (Å²) in [4.78, 5) is 23.7. The van der Waals surface area contributed by atoms with Crippen molar-refractivity contribution >= 4 is 5.91 Å². The van der Waals surface area contributed by atoms with Gasteiger partial charge in [-0.15, -0.1) is 0 Å². The molecule has 2 saturated heterocycles. The minimum atomic E-state index is 0.0907. The summed E-state index contributed by atoms with van der Waals surface area (Å²) < 4.78 is 7.95. The molecule has 6 nitrogen and oxygen atoms in total. The van der Waals surface area contributed by atoms with Crippen LogP contribution in [0.4, 0.5) is 0 Å². The molecule has 0 atom stereocenters. The largest absolute Gasteiger partial charge is 0.381 e. The third kappa shape index (κ3) is 3.76. The van der Waals surface area contributed by atoms with Crippen LogP contribution in [0.15, 0.2) is 24.5 Å². The Hall–Kier alpha value is -2.21. The maximum Gasteiger partial charge on any atom is 0.255 e. The van der Waals surface area contributed by atoms with Gasteiger partial charge < -0.3 is 14.2 Å². The molecule has 0 spiro atoms. The minimum absolute atomic E-state index is 0.0907. The van der Waals surface area contributed by atoms with E-state index in [1.54, 1.807) is 6.20 Å². The Morgan fingerprint density at radius 2 is 1.78 bits per heavy atom. The number of amides is 1. The molecule has 27 heavy (non-hydrogen) atoms. The number of pyridine rings is 1. The van der Waals surface area contributed by atoms with Gasteiger partial charge in [0.1, 0.15) is 5.82 Å². The Bertz CT molecular complexity index is 785. The molecule has 0 bridgehead atoms. The monoisotopic (exact) mass is 368 g/mol. The van der Waals surface area contributed by atoms with Gasteiger partial charge in [0.15, 0.2) is 0 Å². The highest BCUT2D eigenvalue weighted by Crippen LogP contribution is 2.32. The van der Waals surface area contributed by atoms with Gasteiger partial charge in [-0.25, -0.2) is 4.98 Å². The van der Waals surface area contributed by atoms with Crippen LogP contribution in [-0.2, 0) is 4.74 Å². The molecule has 2 fully saturated rings. The van der Waals surface area contributed by atoms with Crippen molar-refractivity contribution in [1.82, 2.24) is 19.4 Å². The fourth-order valence-corrected chi connectivity index (χ4v) is 4.30. The van der Waals surface area contributed by atoms with Crippen molar-refractivity contribution in [2.24, 2.45) is 0 Å². The van der Waals surface area contributed by atoms with Gasteiger partial charge in [0.05, 0.1) is 5.56 Å². The first-order valence-electron chi connectivity index (χ1n) is 9.97. The van der Waals surface area contributed by atoms with Crippen LogP contribution in [0.25, 0.3) is 0 Å². The minimum Gasteiger partial charge on any atom is -0.381 e. The molecule has 2 aliphatic heterocycles. The van der Waals surface area contributed by atoms with Crippen molar-refractivity contribution in [3.63, 3.8) is 0 Å². The first-order valence-corrected chi connectivity index (χ1v) is 9.97. The van der Waals surface area contributed by atoms with Gasteiger partial charge in [0.2, 0.25) is 0 Å². The second-order valence-electron chi connectivity index (χ2n) is 7.73. The third-order valence-corrected chi connectivity index (χ3v) is 5.87. The highest BCUT2D eigenvalue weighted by atomic mass is 16.5. The van der Waals surface area contributed by atoms with Crippen LogP contribution >= 0.6 is 0 Å². The first kappa shape index (κ1) is 18.2. The number of imidazole rings is 1. The van der Waals surface area contributed by atoms with E-state index in [9.17, 15) is 4.79 Å². The number of piperidine rings is 1. The van der Waals surface area contributed by atoms with Gasteiger partial charge in [-0.1, -0.05) is 0 Å². The van der Waals surface area contributed by atoms with Crippen molar-refractivity contribution in [2.45, 2.75) is 51.5 Å². The van der Waals surface area contributed by atoms with Gasteiger partial charge in [0, 0.05) is 62.0 Å². The summed E-state index contributed by atoms with van der Waals surface area (Å²) in [5.74, 6) is 1.79. The van der Waals surface area contributed by atoms with Crippen molar-refractivity contribution in [1.29, 1.82) is 0 Å². The number of carbonyl (C=O) groups excluding carboxylic acids is 1. The second kappa shape index (κ2) is 7.80. The Kier molecular flexibility index (Phi) is 5.25. The van der Waals surface area contributed by atoms with Gasteiger partial charge >= 0.3 is 0 Å². The van der Waals surface area contributed by atoms with Crippen LogP contribution < -0.4 is 0 Å². The molecule has 2 aromatic heterocycles. The van der Waals surface area contributed by atoms with Crippen molar-refractivity contribution in [2.75, 3.05) is 26.3 Å². The van der Waals surface area contributed by atoms with E-state index >= 15 is 0 Å². The van der Waals surface area contributed by atoms with Gasteiger partial charge in [-0.3, -0.25) is 9.78 Å². The quantitative estimate of drug-likeness (QED) is 0.834. The smallest absolute Gasteiger partial charge is 0.255 e.